The summed E-state index contributed by atoms with van der Waals surface area (Å²) < 4.78 is 23.5. The Bertz CT molecular complexity index is 881. The van der Waals surface area contributed by atoms with Crippen LogP contribution in [0.4, 0.5) is 10.1 Å². The van der Waals surface area contributed by atoms with Gasteiger partial charge in [0.1, 0.15) is 11.6 Å². The molecule has 0 radical (unpaired) electrons. The van der Waals surface area contributed by atoms with E-state index in [9.17, 15) is 14.0 Å². The second-order valence-electron chi connectivity index (χ2n) is 5.58. The standard InChI is InChI=1S/C20H18ClFN2O4/c1-2-27-16-7-5-15(6-8-16)24(11-3-10-23)19(25)13-28-20(26)17-9-4-14(22)12-18(17)21/h4-9,12H,2-3,11,13H2,1H3. The van der Waals surface area contributed by atoms with Crippen molar-refractivity contribution in [3.05, 3.63) is 58.9 Å². The molecular formula is C20H18ClFN2O4. The Balaban J connectivity index is 2.08. The number of halogens is 2. The molecule has 2 rings (SSSR count). The summed E-state index contributed by atoms with van der Waals surface area (Å²) in [5, 5.41) is 8.73. The summed E-state index contributed by atoms with van der Waals surface area (Å²) in [5.74, 6) is -1.29. The first-order chi connectivity index (χ1) is 13.5. The van der Waals surface area contributed by atoms with Gasteiger partial charge in [0.05, 0.1) is 29.7 Å². The van der Waals surface area contributed by atoms with Crippen LogP contribution in [0.15, 0.2) is 42.5 Å². The van der Waals surface area contributed by atoms with E-state index in [2.05, 4.69) is 0 Å². The van der Waals surface area contributed by atoms with Crippen LogP contribution in [0, 0.1) is 17.1 Å². The van der Waals surface area contributed by atoms with Gasteiger partial charge >= 0.3 is 5.97 Å². The fourth-order valence-corrected chi connectivity index (χ4v) is 2.63. The minimum atomic E-state index is -0.842. The van der Waals surface area contributed by atoms with Crippen LogP contribution in [0.2, 0.25) is 5.02 Å². The molecule has 0 heterocycles. The van der Waals surface area contributed by atoms with Crippen LogP contribution in [0.25, 0.3) is 0 Å². The van der Waals surface area contributed by atoms with Gasteiger partial charge in [0.25, 0.3) is 5.91 Å². The highest BCUT2D eigenvalue weighted by Gasteiger charge is 2.19. The molecule has 0 aliphatic heterocycles. The van der Waals surface area contributed by atoms with Crippen LogP contribution in [-0.4, -0.2) is 31.6 Å². The number of esters is 1. The number of carbonyl (C=O) groups excluding carboxylic acids is 2. The quantitative estimate of drug-likeness (QED) is 0.622. The van der Waals surface area contributed by atoms with E-state index in [1.807, 2.05) is 13.0 Å². The lowest BCUT2D eigenvalue weighted by atomic mass is 10.2. The molecule has 0 saturated carbocycles. The molecule has 0 aromatic heterocycles. The summed E-state index contributed by atoms with van der Waals surface area (Å²) in [4.78, 5) is 26.0. The minimum absolute atomic E-state index is 0.0412. The monoisotopic (exact) mass is 404 g/mol. The topological polar surface area (TPSA) is 79.6 Å². The SMILES string of the molecule is CCOc1ccc(N(CCC#N)C(=O)COC(=O)c2ccc(F)cc2Cl)cc1. The van der Waals surface area contributed by atoms with Gasteiger partial charge in [-0.2, -0.15) is 5.26 Å². The highest BCUT2D eigenvalue weighted by Crippen LogP contribution is 2.21. The zero-order chi connectivity index (χ0) is 20.5. The van der Waals surface area contributed by atoms with E-state index in [1.165, 1.54) is 11.0 Å². The zero-order valence-corrected chi connectivity index (χ0v) is 15.9. The number of carbonyl (C=O) groups is 2. The number of hydrogen-bond donors (Lipinski definition) is 0. The summed E-state index contributed by atoms with van der Waals surface area (Å²) in [5.41, 5.74) is 0.500. The summed E-state index contributed by atoms with van der Waals surface area (Å²) in [6.45, 7) is 1.96. The molecule has 6 nitrogen and oxygen atoms in total. The second kappa shape index (κ2) is 10.3. The molecule has 0 aliphatic carbocycles. The molecule has 8 heteroatoms. The smallest absolute Gasteiger partial charge is 0.340 e. The lowest BCUT2D eigenvalue weighted by molar-refractivity contribution is -0.121. The van der Waals surface area contributed by atoms with Crippen LogP contribution in [0.1, 0.15) is 23.7 Å². The summed E-state index contributed by atoms with van der Waals surface area (Å²) in [7, 11) is 0. The van der Waals surface area contributed by atoms with Gasteiger partial charge in [-0.1, -0.05) is 11.6 Å². The van der Waals surface area contributed by atoms with E-state index in [-0.39, 0.29) is 23.6 Å². The third-order valence-electron chi connectivity index (χ3n) is 3.69. The first-order valence-corrected chi connectivity index (χ1v) is 8.86. The second-order valence-corrected chi connectivity index (χ2v) is 5.99. The Hall–Kier alpha value is -3.11. The van der Waals surface area contributed by atoms with Crippen LogP contribution in [0.5, 0.6) is 5.75 Å². The Morgan fingerprint density at radius 1 is 1.21 bits per heavy atom. The van der Waals surface area contributed by atoms with Crippen molar-refractivity contribution in [1.82, 2.24) is 0 Å². The maximum Gasteiger partial charge on any atom is 0.340 e. The number of amides is 1. The Morgan fingerprint density at radius 3 is 2.54 bits per heavy atom. The van der Waals surface area contributed by atoms with E-state index in [0.717, 1.165) is 12.1 Å². The number of nitriles is 1. The maximum atomic E-state index is 13.1. The number of ether oxygens (including phenoxy) is 2. The summed E-state index contributed by atoms with van der Waals surface area (Å²) in [6.07, 6.45) is 0.108. The average Bonchev–Trinajstić information content (AvgIpc) is 2.68. The van der Waals surface area contributed by atoms with Gasteiger partial charge in [0.15, 0.2) is 6.61 Å². The lowest BCUT2D eigenvalue weighted by Gasteiger charge is -2.22. The number of rotatable bonds is 8. The molecule has 2 aromatic carbocycles. The molecule has 0 unspecified atom stereocenters. The molecule has 28 heavy (non-hydrogen) atoms. The third-order valence-corrected chi connectivity index (χ3v) is 4.00. The third kappa shape index (κ3) is 5.69. The maximum absolute atomic E-state index is 13.1. The van der Waals surface area contributed by atoms with Crippen molar-refractivity contribution in [1.29, 1.82) is 5.26 Å². The van der Waals surface area contributed by atoms with Gasteiger partial charge in [0.2, 0.25) is 0 Å². The molecule has 2 aromatic rings. The molecule has 0 N–H and O–H groups in total. The molecule has 146 valence electrons. The first-order valence-electron chi connectivity index (χ1n) is 8.48. The number of nitrogens with zero attached hydrogens (tertiary/aromatic N) is 2. The van der Waals surface area contributed by atoms with Crippen molar-refractivity contribution >= 4 is 29.2 Å². The van der Waals surface area contributed by atoms with Crippen molar-refractivity contribution in [2.75, 3.05) is 24.7 Å². The van der Waals surface area contributed by atoms with Crippen LogP contribution < -0.4 is 9.64 Å². The van der Waals surface area contributed by atoms with Gasteiger partial charge < -0.3 is 14.4 Å². The van der Waals surface area contributed by atoms with Crippen molar-refractivity contribution in [2.24, 2.45) is 0 Å². The Labute approximate surface area is 167 Å². The fraction of sp³-hybridized carbons (Fsp3) is 0.250. The lowest BCUT2D eigenvalue weighted by Crippen LogP contribution is -2.35. The van der Waals surface area contributed by atoms with Gasteiger partial charge in [-0.15, -0.1) is 0 Å². The molecule has 0 aliphatic rings. The van der Waals surface area contributed by atoms with Crippen molar-refractivity contribution in [3.8, 4) is 11.8 Å². The number of hydrogen-bond acceptors (Lipinski definition) is 5. The van der Waals surface area contributed by atoms with E-state index in [4.69, 9.17) is 26.3 Å². The largest absolute Gasteiger partial charge is 0.494 e. The summed E-state index contributed by atoms with van der Waals surface area (Å²) in [6, 6.07) is 12.0. The number of anilines is 1. The molecule has 0 atom stereocenters. The molecule has 0 fully saturated rings. The predicted molar refractivity (Wildman–Crippen MR) is 102 cm³/mol. The normalized spacial score (nSPS) is 10.1. The van der Waals surface area contributed by atoms with Crippen molar-refractivity contribution in [2.45, 2.75) is 13.3 Å². The predicted octanol–water partition coefficient (Wildman–Crippen LogP) is 3.98. The van der Waals surface area contributed by atoms with E-state index in [0.29, 0.717) is 18.0 Å². The Kier molecular flexibility index (Phi) is 7.78. The van der Waals surface area contributed by atoms with Crippen molar-refractivity contribution < 1.29 is 23.5 Å². The molecule has 0 bridgehead atoms. The van der Waals surface area contributed by atoms with Gasteiger partial charge in [0, 0.05) is 12.2 Å². The molecular weight excluding hydrogens is 387 g/mol. The highest BCUT2D eigenvalue weighted by molar-refractivity contribution is 6.33. The Morgan fingerprint density at radius 2 is 1.93 bits per heavy atom. The fourth-order valence-electron chi connectivity index (χ4n) is 2.39. The van der Waals surface area contributed by atoms with E-state index in [1.54, 1.807) is 24.3 Å². The number of benzene rings is 2. The van der Waals surface area contributed by atoms with Gasteiger partial charge in [-0.25, -0.2) is 9.18 Å². The molecule has 1 amide bonds. The van der Waals surface area contributed by atoms with Crippen LogP contribution >= 0.6 is 11.6 Å². The van der Waals surface area contributed by atoms with Crippen LogP contribution in [0.3, 0.4) is 0 Å². The van der Waals surface area contributed by atoms with Crippen LogP contribution in [-0.2, 0) is 9.53 Å². The summed E-state index contributed by atoms with van der Waals surface area (Å²) >= 11 is 5.82. The van der Waals surface area contributed by atoms with Gasteiger partial charge in [-0.3, -0.25) is 4.79 Å². The minimum Gasteiger partial charge on any atom is -0.494 e. The average molecular weight is 405 g/mol. The van der Waals surface area contributed by atoms with Crippen molar-refractivity contribution in [3.63, 3.8) is 0 Å². The highest BCUT2D eigenvalue weighted by atomic mass is 35.5. The first kappa shape index (κ1) is 21.2. The molecule has 0 saturated heterocycles. The van der Waals surface area contributed by atoms with Gasteiger partial charge in [-0.05, 0) is 49.4 Å². The molecule has 0 spiro atoms. The zero-order valence-electron chi connectivity index (χ0n) is 15.2. The van der Waals surface area contributed by atoms with E-state index >= 15 is 0 Å². The van der Waals surface area contributed by atoms with E-state index < -0.39 is 24.3 Å².